The average Bonchev–Trinajstić information content (AvgIpc) is 3.17. The molecular formula is C23H21N3O2S. The monoisotopic (exact) mass is 403 g/mol. The van der Waals surface area contributed by atoms with Gasteiger partial charge in [0.15, 0.2) is 0 Å². The zero-order valence-electron chi connectivity index (χ0n) is 16.2. The van der Waals surface area contributed by atoms with Crippen LogP contribution in [0.1, 0.15) is 32.2 Å². The van der Waals surface area contributed by atoms with Crippen molar-refractivity contribution in [2.24, 2.45) is 0 Å². The van der Waals surface area contributed by atoms with E-state index >= 15 is 0 Å². The smallest absolute Gasteiger partial charge is 0.254 e. The largest absolute Gasteiger partial charge is 0.487 e. The summed E-state index contributed by atoms with van der Waals surface area (Å²) in [7, 11) is 0. The van der Waals surface area contributed by atoms with Gasteiger partial charge in [0.25, 0.3) is 5.91 Å². The number of thiazole rings is 1. The van der Waals surface area contributed by atoms with E-state index in [1.54, 1.807) is 46.6 Å². The summed E-state index contributed by atoms with van der Waals surface area (Å²) in [6.45, 7) is 6.93. The molecule has 1 aromatic heterocycles. The summed E-state index contributed by atoms with van der Waals surface area (Å²) in [6.07, 6.45) is 1.70. The number of amides is 1. The number of carbonyl (C=O) groups is 1. The van der Waals surface area contributed by atoms with Gasteiger partial charge in [0.1, 0.15) is 12.4 Å². The van der Waals surface area contributed by atoms with Crippen LogP contribution < -0.4 is 4.74 Å². The molecule has 1 amide bonds. The number of hydrogen-bond donors (Lipinski definition) is 0. The van der Waals surface area contributed by atoms with Crippen molar-refractivity contribution in [3.63, 3.8) is 0 Å². The number of carbonyl (C=O) groups excluding carboxylic acids is 1. The highest BCUT2D eigenvalue weighted by molar-refractivity contribution is 7.09. The predicted octanol–water partition coefficient (Wildman–Crippen LogP) is 4.73. The minimum atomic E-state index is -0.107. The van der Waals surface area contributed by atoms with Crippen molar-refractivity contribution in [1.82, 2.24) is 9.88 Å². The van der Waals surface area contributed by atoms with E-state index in [1.807, 2.05) is 36.6 Å². The van der Waals surface area contributed by atoms with Crippen LogP contribution in [0.3, 0.4) is 0 Å². The number of hydrogen-bond acceptors (Lipinski definition) is 5. The van der Waals surface area contributed by atoms with Crippen molar-refractivity contribution in [3.05, 3.63) is 94.0 Å². The van der Waals surface area contributed by atoms with E-state index in [0.717, 1.165) is 16.3 Å². The molecule has 0 aliphatic carbocycles. The van der Waals surface area contributed by atoms with Crippen molar-refractivity contribution in [1.29, 1.82) is 5.26 Å². The van der Waals surface area contributed by atoms with E-state index in [4.69, 9.17) is 10.00 Å². The molecule has 0 N–H and O–H groups in total. The number of nitriles is 1. The molecule has 3 aromatic rings. The van der Waals surface area contributed by atoms with Crippen LogP contribution in [-0.4, -0.2) is 22.3 Å². The summed E-state index contributed by atoms with van der Waals surface area (Å²) in [4.78, 5) is 19.1. The lowest BCUT2D eigenvalue weighted by Crippen LogP contribution is -2.30. The highest BCUT2D eigenvalue weighted by atomic mass is 32.1. The molecule has 0 saturated heterocycles. The van der Waals surface area contributed by atoms with Crippen molar-refractivity contribution < 1.29 is 9.53 Å². The number of benzene rings is 2. The van der Waals surface area contributed by atoms with Crippen molar-refractivity contribution in [2.75, 3.05) is 6.54 Å². The third-order valence-corrected chi connectivity index (χ3v) is 5.05. The number of ether oxygens (including phenoxy) is 1. The molecule has 2 aromatic carbocycles. The third-order valence-electron chi connectivity index (χ3n) is 4.23. The van der Waals surface area contributed by atoms with Gasteiger partial charge in [-0.1, -0.05) is 24.3 Å². The minimum absolute atomic E-state index is 0.107. The Hall–Kier alpha value is -3.43. The average molecular weight is 404 g/mol. The van der Waals surface area contributed by atoms with Crippen LogP contribution in [0.5, 0.6) is 5.75 Å². The SMILES string of the molecule is C=CCN(Cc1ccc(C#N)cc1)C(=O)c1cccc(OCc2csc(C)n2)c1. The Morgan fingerprint density at radius 3 is 2.76 bits per heavy atom. The maximum Gasteiger partial charge on any atom is 0.254 e. The zero-order valence-corrected chi connectivity index (χ0v) is 17.0. The first-order valence-electron chi connectivity index (χ1n) is 9.12. The molecule has 0 atom stereocenters. The molecule has 0 aliphatic heterocycles. The molecule has 1 heterocycles. The molecule has 6 heteroatoms. The highest BCUT2D eigenvalue weighted by Crippen LogP contribution is 2.19. The fraction of sp³-hybridized carbons (Fsp3) is 0.174. The maximum atomic E-state index is 13.1. The molecule has 0 bridgehead atoms. The van der Waals surface area contributed by atoms with Gasteiger partial charge < -0.3 is 9.64 Å². The highest BCUT2D eigenvalue weighted by Gasteiger charge is 2.16. The van der Waals surface area contributed by atoms with E-state index in [1.165, 1.54) is 0 Å². The molecule has 146 valence electrons. The lowest BCUT2D eigenvalue weighted by molar-refractivity contribution is 0.0762. The van der Waals surface area contributed by atoms with Crippen LogP contribution in [0.25, 0.3) is 0 Å². The third kappa shape index (κ3) is 5.53. The Bertz CT molecular complexity index is 1030. The Labute approximate surface area is 174 Å². The number of rotatable bonds is 8. The topological polar surface area (TPSA) is 66.2 Å². The summed E-state index contributed by atoms with van der Waals surface area (Å²) in [6, 6.07) is 16.5. The summed E-state index contributed by atoms with van der Waals surface area (Å²) in [5, 5.41) is 11.9. The van der Waals surface area contributed by atoms with E-state index in [2.05, 4.69) is 17.6 Å². The number of aryl methyl sites for hydroxylation is 1. The first-order valence-corrected chi connectivity index (χ1v) is 10.00. The molecule has 0 radical (unpaired) electrons. The van der Waals surface area contributed by atoms with Gasteiger partial charge in [0, 0.05) is 24.0 Å². The van der Waals surface area contributed by atoms with E-state index in [9.17, 15) is 4.79 Å². The molecule has 0 saturated carbocycles. The van der Waals surface area contributed by atoms with Crippen LogP contribution in [0.4, 0.5) is 0 Å². The molecular weight excluding hydrogens is 382 g/mol. The van der Waals surface area contributed by atoms with E-state index in [0.29, 0.717) is 36.6 Å². The zero-order chi connectivity index (χ0) is 20.6. The maximum absolute atomic E-state index is 13.1. The second-order valence-electron chi connectivity index (χ2n) is 6.46. The second-order valence-corrected chi connectivity index (χ2v) is 7.52. The number of aromatic nitrogens is 1. The van der Waals surface area contributed by atoms with Crippen LogP contribution in [-0.2, 0) is 13.2 Å². The van der Waals surface area contributed by atoms with Gasteiger partial charge in [-0.25, -0.2) is 4.98 Å². The minimum Gasteiger partial charge on any atom is -0.487 e. The Morgan fingerprint density at radius 1 is 1.31 bits per heavy atom. The first kappa shape index (κ1) is 20.3. The lowest BCUT2D eigenvalue weighted by Gasteiger charge is -2.21. The Balaban J connectivity index is 1.71. The Morgan fingerprint density at radius 2 is 2.10 bits per heavy atom. The second kappa shape index (κ2) is 9.67. The quantitative estimate of drug-likeness (QED) is 0.510. The van der Waals surface area contributed by atoms with Gasteiger partial charge in [-0.3, -0.25) is 4.79 Å². The van der Waals surface area contributed by atoms with Gasteiger partial charge in [-0.05, 0) is 42.8 Å². The normalized spacial score (nSPS) is 10.2. The molecule has 29 heavy (non-hydrogen) atoms. The summed E-state index contributed by atoms with van der Waals surface area (Å²) < 4.78 is 5.80. The molecule has 0 spiro atoms. The lowest BCUT2D eigenvalue weighted by atomic mass is 10.1. The van der Waals surface area contributed by atoms with E-state index in [-0.39, 0.29) is 5.91 Å². The predicted molar refractivity (Wildman–Crippen MR) is 114 cm³/mol. The number of nitrogens with zero attached hydrogens (tertiary/aromatic N) is 3. The first-order chi connectivity index (χ1) is 14.1. The molecule has 3 rings (SSSR count). The fourth-order valence-corrected chi connectivity index (χ4v) is 3.41. The van der Waals surface area contributed by atoms with Gasteiger partial charge in [-0.2, -0.15) is 5.26 Å². The van der Waals surface area contributed by atoms with Gasteiger partial charge in [-0.15, -0.1) is 17.9 Å². The molecule has 0 fully saturated rings. The molecule has 5 nitrogen and oxygen atoms in total. The fourth-order valence-electron chi connectivity index (χ4n) is 2.81. The Kier molecular flexibility index (Phi) is 6.77. The van der Waals surface area contributed by atoms with E-state index < -0.39 is 0 Å². The summed E-state index contributed by atoms with van der Waals surface area (Å²) >= 11 is 1.58. The van der Waals surface area contributed by atoms with Crippen LogP contribution >= 0.6 is 11.3 Å². The van der Waals surface area contributed by atoms with Gasteiger partial charge >= 0.3 is 0 Å². The van der Waals surface area contributed by atoms with Gasteiger partial charge in [0.05, 0.1) is 22.3 Å². The standard InChI is InChI=1S/C23H21N3O2S/c1-3-11-26(14-19-9-7-18(13-24)8-10-19)23(27)20-5-4-6-22(12-20)28-15-21-16-29-17(2)25-21/h3-10,12,16H,1,11,14-15H2,2H3. The molecule has 0 unspecified atom stereocenters. The van der Waals surface area contributed by atoms with Crippen molar-refractivity contribution in [2.45, 2.75) is 20.1 Å². The van der Waals surface area contributed by atoms with Crippen molar-refractivity contribution >= 4 is 17.2 Å². The van der Waals surface area contributed by atoms with Crippen LogP contribution in [0.2, 0.25) is 0 Å². The van der Waals surface area contributed by atoms with Crippen LogP contribution in [0, 0.1) is 18.3 Å². The molecule has 0 aliphatic rings. The van der Waals surface area contributed by atoms with Crippen LogP contribution in [0.15, 0.2) is 66.6 Å². The summed E-state index contributed by atoms with van der Waals surface area (Å²) in [5.74, 6) is 0.516. The van der Waals surface area contributed by atoms with Crippen molar-refractivity contribution in [3.8, 4) is 11.8 Å². The summed E-state index contributed by atoms with van der Waals surface area (Å²) in [5.41, 5.74) is 2.96. The van der Waals surface area contributed by atoms with Gasteiger partial charge in [0.2, 0.25) is 0 Å².